The Bertz CT molecular complexity index is 1260. The highest BCUT2D eigenvalue weighted by molar-refractivity contribution is 5.71. The molecule has 0 saturated carbocycles. The van der Waals surface area contributed by atoms with E-state index < -0.39 is 6.10 Å². The first kappa shape index (κ1) is 79.2. The van der Waals surface area contributed by atoms with Crippen molar-refractivity contribution in [2.24, 2.45) is 0 Å². The summed E-state index contributed by atoms with van der Waals surface area (Å²) in [5.41, 5.74) is 0. The molecule has 6 nitrogen and oxygen atoms in total. The van der Waals surface area contributed by atoms with Gasteiger partial charge < -0.3 is 14.2 Å². The lowest BCUT2D eigenvalue weighted by molar-refractivity contribution is -0.167. The van der Waals surface area contributed by atoms with E-state index in [1.165, 1.54) is 334 Å². The maximum Gasteiger partial charge on any atom is 0.306 e. The van der Waals surface area contributed by atoms with Gasteiger partial charge in [0.05, 0.1) is 0 Å². The van der Waals surface area contributed by atoms with Gasteiger partial charge in [0, 0.05) is 19.3 Å². The van der Waals surface area contributed by atoms with Crippen molar-refractivity contribution in [2.75, 3.05) is 13.2 Å². The smallest absolute Gasteiger partial charge is 0.306 e. The van der Waals surface area contributed by atoms with Crippen molar-refractivity contribution >= 4 is 17.9 Å². The van der Waals surface area contributed by atoms with E-state index in [0.29, 0.717) is 19.3 Å². The number of unbranched alkanes of at least 4 members (excludes halogenated alkanes) is 57. The van der Waals surface area contributed by atoms with Gasteiger partial charge >= 0.3 is 17.9 Å². The molecule has 0 heterocycles. The van der Waals surface area contributed by atoms with Gasteiger partial charge in [0.2, 0.25) is 0 Å². The maximum absolute atomic E-state index is 13.0. The predicted molar refractivity (Wildman–Crippen MR) is 353 cm³/mol. The van der Waals surface area contributed by atoms with Gasteiger partial charge in [0.15, 0.2) is 6.10 Å². The highest BCUT2D eigenvalue weighted by Crippen LogP contribution is 2.19. The first-order chi connectivity index (χ1) is 40.0. The molecule has 0 rings (SSSR count). The van der Waals surface area contributed by atoms with Gasteiger partial charge in [-0.25, -0.2) is 0 Å². The number of esters is 3. The number of hydrogen-bond donors (Lipinski definition) is 0. The third-order valence-electron chi connectivity index (χ3n) is 17.3. The minimum absolute atomic E-state index is 0.0620. The van der Waals surface area contributed by atoms with E-state index >= 15 is 0 Å². The van der Waals surface area contributed by atoms with E-state index in [2.05, 4.69) is 32.9 Å². The Labute approximate surface area is 507 Å². The molecule has 0 amide bonds. The van der Waals surface area contributed by atoms with Crippen LogP contribution in [0.5, 0.6) is 0 Å². The normalized spacial score (nSPS) is 12.0. The number of carbonyl (C=O) groups excluding carboxylic acids is 3. The Morgan fingerprint density at radius 1 is 0.235 bits per heavy atom. The Balaban J connectivity index is 4.13. The number of allylic oxidation sites excluding steroid dienone is 2. The lowest BCUT2D eigenvalue weighted by Gasteiger charge is -2.18. The Morgan fingerprint density at radius 3 is 0.617 bits per heavy atom. The van der Waals surface area contributed by atoms with Crippen molar-refractivity contribution < 1.29 is 28.6 Å². The van der Waals surface area contributed by atoms with Crippen LogP contribution in [0.25, 0.3) is 0 Å². The lowest BCUT2D eigenvalue weighted by atomic mass is 10.0. The van der Waals surface area contributed by atoms with Gasteiger partial charge in [-0.1, -0.05) is 380 Å². The zero-order valence-electron chi connectivity index (χ0n) is 55.4. The third kappa shape index (κ3) is 68.8. The molecular weight excluding hydrogens is 997 g/mol. The van der Waals surface area contributed by atoms with Crippen molar-refractivity contribution in [2.45, 2.75) is 438 Å². The fourth-order valence-electron chi connectivity index (χ4n) is 11.7. The van der Waals surface area contributed by atoms with Gasteiger partial charge in [0.25, 0.3) is 0 Å². The SMILES string of the molecule is CCCCCCCCCC/C=C\CCCCCCCCCCCCCCCCCCCC(=O)OCC(COC(=O)CCCCCCCCCCCCCC)OC(=O)CCCCCCCCCCCCCCCCCCCCCCCC. The highest BCUT2D eigenvalue weighted by atomic mass is 16.6. The fraction of sp³-hybridized carbons (Fsp3) is 0.933. The summed E-state index contributed by atoms with van der Waals surface area (Å²) in [6.07, 6.45) is 85.5. The summed E-state index contributed by atoms with van der Waals surface area (Å²) in [5, 5.41) is 0. The molecule has 1 atom stereocenters. The predicted octanol–water partition coefficient (Wildman–Crippen LogP) is 25.6. The molecule has 0 N–H and O–H groups in total. The zero-order chi connectivity index (χ0) is 58.5. The Kier molecular flexibility index (Phi) is 69.0. The van der Waals surface area contributed by atoms with E-state index in [-0.39, 0.29) is 31.1 Å². The third-order valence-corrected chi connectivity index (χ3v) is 17.3. The van der Waals surface area contributed by atoms with Gasteiger partial charge in [-0.3, -0.25) is 14.4 Å². The molecule has 0 bridgehead atoms. The summed E-state index contributed by atoms with van der Waals surface area (Å²) in [4.78, 5) is 38.4. The summed E-state index contributed by atoms with van der Waals surface area (Å²) >= 11 is 0. The van der Waals surface area contributed by atoms with Crippen LogP contribution in [-0.4, -0.2) is 37.2 Å². The van der Waals surface area contributed by atoms with Gasteiger partial charge in [-0.2, -0.15) is 0 Å². The Morgan fingerprint density at radius 2 is 0.407 bits per heavy atom. The first-order valence-corrected chi connectivity index (χ1v) is 37.2. The van der Waals surface area contributed by atoms with Crippen LogP contribution < -0.4 is 0 Å². The van der Waals surface area contributed by atoms with Crippen LogP contribution in [0.3, 0.4) is 0 Å². The highest BCUT2D eigenvalue weighted by Gasteiger charge is 2.20. The largest absolute Gasteiger partial charge is 0.462 e. The molecule has 0 aromatic rings. The van der Waals surface area contributed by atoms with Crippen LogP contribution in [0.1, 0.15) is 432 Å². The standard InChI is InChI=1S/C75H144O6/c1-4-7-10-13-16-19-22-25-27-29-31-33-35-36-37-38-39-40-41-43-44-46-48-50-53-56-59-62-65-68-74(77)80-71-72(70-79-73(76)67-64-61-58-55-52-24-21-18-15-12-9-6-3)81-75(78)69-66-63-60-57-54-51-49-47-45-42-34-32-30-28-26-23-20-17-14-11-8-5-2/h29,31,72H,4-28,30,32-71H2,1-3H3/b31-29-. The molecule has 81 heavy (non-hydrogen) atoms. The van der Waals surface area contributed by atoms with E-state index in [0.717, 1.165) is 57.8 Å². The molecule has 0 spiro atoms. The number of rotatable bonds is 70. The van der Waals surface area contributed by atoms with Crippen LogP contribution in [-0.2, 0) is 28.6 Å². The fourth-order valence-corrected chi connectivity index (χ4v) is 11.7. The molecular formula is C75H144O6. The average Bonchev–Trinajstić information content (AvgIpc) is 3.47. The van der Waals surface area contributed by atoms with E-state index in [9.17, 15) is 14.4 Å². The van der Waals surface area contributed by atoms with Gasteiger partial charge in [-0.15, -0.1) is 0 Å². The summed E-state index contributed by atoms with van der Waals surface area (Å²) < 4.78 is 17.0. The molecule has 480 valence electrons. The maximum atomic E-state index is 13.0. The molecule has 0 aliphatic rings. The van der Waals surface area contributed by atoms with Crippen molar-refractivity contribution in [1.29, 1.82) is 0 Å². The number of hydrogen-bond acceptors (Lipinski definition) is 6. The topological polar surface area (TPSA) is 78.9 Å². The summed E-state index contributed by atoms with van der Waals surface area (Å²) in [7, 11) is 0. The summed E-state index contributed by atoms with van der Waals surface area (Å²) in [5.74, 6) is -0.824. The quantitative estimate of drug-likeness (QED) is 0.0261. The van der Waals surface area contributed by atoms with Crippen molar-refractivity contribution in [1.82, 2.24) is 0 Å². The molecule has 0 aromatic heterocycles. The average molecular weight is 1140 g/mol. The molecule has 0 aliphatic heterocycles. The molecule has 6 heteroatoms. The van der Waals surface area contributed by atoms with E-state index in [4.69, 9.17) is 14.2 Å². The monoisotopic (exact) mass is 1140 g/mol. The van der Waals surface area contributed by atoms with Gasteiger partial charge in [0.1, 0.15) is 13.2 Å². The van der Waals surface area contributed by atoms with Crippen LogP contribution in [0.2, 0.25) is 0 Å². The Hall–Kier alpha value is -1.85. The molecule has 1 unspecified atom stereocenters. The number of ether oxygens (including phenoxy) is 3. The van der Waals surface area contributed by atoms with Crippen molar-refractivity contribution in [3.05, 3.63) is 12.2 Å². The lowest BCUT2D eigenvalue weighted by Crippen LogP contribution is -2.30. The summed E-state index contributed by atoms with van der Waals surface area (Å²) in [6.45, 7) is 6.73. The summed E-state index contributed by atoms with van der Waals surface area (Å²) in [6, 6.07) is 0. The minimum atomic E-state index is -0.765. The zero-order valence-corrected chi connectivity index (χ0v) is 55.4. The van der Waals surface area contributed by atoms with Crippen LogP contribution in [0, 0.1) is 0 Å². The van der Waals surface area contributed by atoms with Crippen LogP contribution >= 0.6 is 0 Å². The van der Waals surface area contributed by atoms with Crippen molar-refractivity contribution in [3.8, 4) is 0 Å². The van der Waals surface area contributed by atoms with E-state index in [1.807, 2.05) is 0 Å². The second-order valence-corrected chi connectivity index (χ2v) is 25.6. The van der Waals surface area contributed by atoms with Crippen LogP contribution in [0.15, 0.2) is 12.2 Å². The van der Waals surface area contributed by atoms with Gasteiger partial charge in [-0.05, 0) is 44.9 Å². The molecule has 0 radical (unpaired) electrons. The molecule has 0 fully saturated rings. The van der Waals surface area contributed by atoms with Crippen molar-refractivity contribution in [3.63, 3.8) is 0 Å². The number of carbonyl (C=O) groups is 3. The molecule has 0 aromatic carbocycles. The van der Waals surface area contributed by atoms with Crippen LogP contribution in [0.4, 0.5) is 0 Å². The van der Waals surface area contributed by atoms with E-state index in [1.54, 1.807) is 0 Å². The molecule has 0 aliphatic carbocycles. The minimum Gasteiger partial charge on any atom is -0.462 e. The second-order valence-electron chi connectivity index (χ2n) is 25.6. The second kappa shape index (κ2) is 70.6. The first-order valence-electron chi connectivity index (χ1n) is 37.2. The molecule has 0 saturated heterocycles.